The first-order chi connectivity index (χ1) is 10.4. The molecule has 114 valence electrons. The normalized spacial score (nSPS) is 10.1. The SMILES string of the molecule is O=C(COC(=O)c1cc(Cl)cc(Cl)c1)Nc1ccc(Br)cc1. The van der Waals surface area contributed by atoms with Gasteiger partial charge in [-0.25, -0.2) is 4.79 Å². The molecule has 0 aromatic heterocycles. The van der Waals surface area contributed by atoms with Crippen LogP contribution in [0, 0.1) is 0 Å². The molecule has 4 nitrogen and oxygen atoms in total. The van der Waals surface area contributed by atoms with Crippen LogP contribution in [0.1, 0.15) is 10.4 Å². The predicted molar refractivity (Wildman–Crippen MR) is 89.5 cm³/mol. The molecule has 0 aliphatic rings. The third-order valence-corrected chi connectivity index (χ3v) is 3.53. The fourth-order valence-electron chi connectivity index (χ4n) is 1.62. The molecule has 2 rings (SSSR count). The molecule has 0 aliphatic heterocycles. The van der Waals surface area contributed by atoms with Gasteiger partial charge in [-0.3, -0.25) is 4.79 Å². The predicted octanol–water partition coefficient (Wildman–Crippen LogP) is 4.55. The highest BCUT2D eigenvalue weighted by Crippen LogP contribution is 2.19. The molecule has 2 aromatic rings. The number of anilines is 1. The van der Waals surface area contributed by atoms with Crippen LogP contribution in [-0.4, -0.2) is 18.5 Å². The lowest BCUT2D eigenvalue weighted by atomic mass is 10.2. The number of ether oxygens (including phenoxy) is 1. The summed E-state index contributed by atoms with van der Waals surface area (Å²) in [5.41, 5.74) is 0.795. The van der Waals surface area contributed by atoms with Crippen molar-refractivity contribution in [2.24, 2.45) is 0 Å². The molecule has 0 unspecified atom stereocenters. The molecular weight excluding hydrogens is 393 g/mol. The molecule has 2 aromatic carbocycles. The highest BCUT2D eigenvalue weighted by molar-refractivity contribution is 9.10. The van der Waals surface area contributed by atoms with E-state index in [4.69, 9.17) is 27.9 Å². The van der Waals surface area contributed by atoms with E-state index in [1.54, 1.807) is 24.3 Å². The van der Waals surface area contributed by atoms with Crippen LogP contribution in [0.15, 0.2) is 46.9 Å². The number of carbonyl (C=O) groups excluding carboxylic acids is 2. The largest absolute Gasteiger partial charge is 0.452 e. The summed E-state index contributed by atoms with van der Waals surface area (Å²) >= 11 is 14.9. The first-order valence-electron chi connectivity index (χ1n) is 6.12. The summed E-state index contributed by atoms with van der Waals surface area (Å²) in [6.07, 6.45) is 0. The van der Waals surface area contributed by atoms with Crippen LogP contribution in [0.5, 0.6) is 0 Å². The van der Waals surface area contributed by atoms with Crippen LogP contribution in [0.2, 0.25) is 10.0 Å². The van der Waals surface area contributed by atoms with Crippen LogP contribution < -0.4 is 5.32 Å². The van der Waals surface area contributed by atoms with E-state index < -0.39 is 18.5 Å². The fourth-order valence-corrected chi connectivity index (χ4v) is 2.41. The topological polar surface area (TPSA) is 55.4 Å². The summed E-state index contributed by atoms with van der Waals surface area (Å²) in [6.45, 7) is -0.404. The number of esters is 1. The summed E-state index contributed by atoms with van der Waals surface area (Å²) in [4.78, 5) is 23.5. The average Bonchev–Trinajstić information content (AvgIpc) is 2.46. The summed E-state index contributed by atoms with van der Waals surface area (Å²) < 4.78 is 5.82. The smallest absolute Gasteiger partial charge is 0.338 e. The van der Waals surface area contributed by atoms with Crippen molar-refractivity contribution in [2.75, 3.05) is 11.9 Å². The first kappa shape index (κ1) is 16.8. The van der Waals surface area contributed by atoms with E-state index in [-0.39, 0.29) is 5.56 Å². The maximum atomic E-state index is 11.8. The van der Waals surface area contributed by atoms with Gasteiger partial charge < -0.3 is 10.1 Å². The van der Waals surface area contributed by atoms with Crippen LogP contribution in [0.3, 0.4) is 0 Å². The van der Waals surface area contributed by atoms with Crippen molar-refractivity contribution in [3.8, 4) is 0 Å². The Morgan fingerprint density at radius 1 is 1.05 bits per heavy atom. The van der Waals surface area contributed by atoms with Gasteiger partial charge in [0.2, 0.25) is 0 Å². The molecule has 1 N–H and O–H groups in total. The Kier molecular flexibility index (Phi) is 5.83. The second-order valence-corrected chi connectivity index (χ2v) is 6.08. The number of hydrogen-bond donors (Lipinski definition) is 1. The van der Waals surface area contributed by atoms with E-state index in [2.05, 4.69) is 21.2 Å². The molecule has 7 heteroatoms. The number of nitrogens with one attached hydrogen (secondary N) is 1. The van der Waals surface area contributed by atoms with Crippen molar-refractivity contribution in [3.63, 3.8) is 0 Å². The Labute approximate surface area is 145 Å². The third kappa shape index (κ3) is 5.02. The van der Waals surface area contributed by atoms with Gasteiger partial charge in [0.15, 0.2) is 6.61 Å². The maximum Gasteiger partial charge on any atom is 0.338 e. The first-order valence-corrected chi connectivity index (χ1v) is 7.67. The van der Waals surface area contributed by atoms with E-state index in [1.165, 1.54) is 18.2 Å². The summed E-state index contributed by atoms with van der Waals surface area (Å²) in [5.74, 6) is -1.11. The summed E-state index contributed by atoms with van der Waals surface area (Å²) in [5, 5.41) is 3.25. The van der Waals surface area contributed by atoms with E-state index in [1.807, 2.05) is 0 Å². The zero-order valence-electron chi connectivity index (χ0n) is 11.1. The van der Waals surface area contributed by atoms with Crippen LogP contribution >= 0.6 is 39.1 Å². The maximum absolute atomic E-state index is 11.8. The van der Waals surface area contributed by atoms with Gasteiger partial charge in [-0.05, 0) is 42.5 Å². The second-order valence-electron chi connectivity index (χ2n) is 4.29. The fraction of sp³-hybridized carbons (Fsp3) is 0.0667. The molecule has 1 amide bonds. The van der Waals surface area contributed by atoms with Gasteiger partial charge in [-0.1, -0.05) is 39.1 Å². The Balaban J connectivity index is 1.90. The van der Waals surface area contributed by atoms with E-state index in [0.717, 1.165) is 4.47 Å². The van der Waals surface area contributed by atoms with Gasteiger partial charge in [0.25, 0.3) is 5.91 Å². The molecule has 22 heavy (non-hydrogen) atoms. The van der Waals surface area contributed by atoms with Gasteiger partial charge in [0.1, 0.15) is 0 Å². The van der Waals surface area contributed by atoms with Crippen LogP contribution in [0.25, 0.3) is 0 Å². The van der Waals surface area contributed by atoms with Crippen molar-refractivity contribution in [2.45, 2.75) is 0 Å². The minimum absolute atomic E-state index is 0.189. The number of carbonyl (C=O) groups is 2. The molecule has 0 saturated carbocycles. The van der Waals surface area contributed by atoms with Crippen molar-refractivity contribution < 1.29 is 14.3 Å². The molecular formula is C15H10BrCl2NO3. The monoisotopic (exact) mass is 401 g/mol. The Morgan fingerprint density at radius 2 is 1.64 bits per heavy atom. The number of amides is 1. The van der Waals surface area contributed by atoms with Gasteiger partial charge >= 0.3 is 5.97 Å². The van der Waals surface area contributed by atoms with E-state index >= 15 is 0 Å². The van der Waals surface area contributed by atoms with Crippen molar-refractivity contribution >= 4 is 56.7 Å². The molecule has 0 heterocycles. The van der Waals surface area contributed by atoms with Crippen molar-refractivity contribution in [3.05, 3.63) is 62.5 Å². The van der Waals surface area contributed by atoms with Crippen molar-refractivity contribution in [1.29, 1.82) is 0 Å². The van der Waals surface area contributed by atoms with Gasteiger partial charge in [-0.2, -0.15) is 0 Å². The molecule has 0 bridgehead atoms. The Morgan fingerprint density at radius 3 is 2.23 bits per heavy atom. The molecule has 0 aliphatic carbocycles. The van der Waals surface area contributed by atoms with E-state index in [0.29, 0.717) is 15.7 Å². The van der Waals surface area contributed by atoms with Gasteiger partial charge in [-0.15, -0.1) is 0 Å². The number of benzene rings is 2. The van der Waals surface area contributed by atoms with Crippen LogP contribution in [0.4, 0.5) is 5.69 Å². The summed E-state index contributed by atoms with van der Waals surface area (Å²) in [7, 11) is 0. The molecule has 0 radical (unpaired) electrons. The van der Waals surface area contributed by atoms with E-state index in [9.17, 15) is 9.59 Å². The third-order valence-electron chi connectivity index (χ3n) is 2.56. The lowest BCUT2D eigenvalue weighted by molar-refractivity contribution is -0.119. The minimum Gasteiger partial charge on any atom is -0.452 e. The number of rotatable bonds is 4. The summed E-state index contributed by atoms with van der Waals surface area (Å²) in [6, 6.07) is 11.4. The Bertz CT molecular complexity index is 684. The molecule has 0 saturated heterocycles. The zero-order chi connectivity index (χ0) is 16.1. The highest BCUT2D eigenvalue weighted by Gasteiger charge is 2.12. The van der Waals surface area contributed by atoms with Crippen LogP contribution in [-0.2, 0) is 9.53 Å². The number of hydrogen-bond acceptors (Lipinski definition) is 3. The molecule has 0 fully saturated rings. The number of halogens is 3. The van der Waals surface area contributed by atoms with Gasteiger partial charge in [0, 0.05) is 20.2 Å². The van der Waals surface area contributed by atoms with Crippen molar-refractivity contribution in [1.82, 2.24) is 0 Å². The standard InChI is InChI=1S/C15H10BrCl2NO3/c16-10-1-3-13(4-2-10)19-14(20)8-22-15(21)9-5-11(17)7-12(18)6-9/h1-7H,8H2,(H,19,20). The Hall–Kier alpha value is -1.56. The molecule has 0 spiro atoms. The lowest BCUT2D eigenvalue weighted by Gasteiger charge is -2.07. The minimum atomic E-state index is -0.671. The average molecular weight is 403 g/mol. The molecule has 0 atom stereocenters. The second kappa shape index (κ2) is 7.63. The zero-order valence-corrected chi connectivity index (χ0v) is 14.2. The van der Waals surface area contributed by atoms with Gasteiger partial charge in [0.05, 0.1) is 5.56 Å². The highest BCUT2D eigenvalue weighted by atomic mass is 79.9. The quantitative estimate of drug-likeness (QED) is 0.763. The lowest BCUT2D eigenvalue weighted by Crippen LogP contribution is -2.20.